The summed E-state index contributed by atoms with van der Waals surface area (Å²) in [6, 6.07) is 3.58. The molecule has 2 heterocycles. The van der Waals surface area contributed by atoms with Crippen LogP contribution in [0.3, 0.4) is 0 Å². The number of carbonyl (C=O) groups excluding carboxylic acids is 1. The summed E-state index contributed by atoms with van der Waals surface area (Å²) in [5.41, 5.74) is 0.731. The second kappa shape index (κ2) is 5.57. The Hall–Kier alpha value is -1.62. The summed E-state index contributed by atoms with van der Waals surface area (Å²) in [6.07, 6.45) is 7.09. The third kappa shape index (κ3) is 3.44. The number of hydrogen-bond donors (Lipinski definition) is 1. The van der Waals surface area contributed by atoms with Crippen molar-refractivity contribution < 1.29 is 9.53 Å². The van der Waals surface area contributed by atoms with E-state index in [4.69, 9.17) is 4.74 Å². The third-order valence-electron chi connectivity index (χ3n) is 3.61. The number of amides is 2. The smallest absolute Gasteiger partial charge is 0.321 e. The van der Waals surface area contributed by atoms with E-state index in [1.165, 1.54) is 12.8 Å². The highest BCUT2D eigenvalue weighted by Crippen LogP contribution is 2.30. The monoisotopic (exact) mass is 261 g/mol. The van der Waals surface area contributed by atoms with Gasteiger partial charge in [0.25, 0.3) is 0 Å². The van der Waals surface area contributed by atoms with Crippen molar-refractivity contribution >= 4 is 11.7 Å². The molecule has 0 unspecified atom stereocenters. The highest BCUT2D eigenvalue weighted by molar-refractivity contribution is 5.89. The maximum atomic E-state index is 12.0. The number of nitrogens with one attached hydrogen (secondary N) is 1. The van der Waals surface area contributed by atoms with Gasteiger partial charge in [-0.3, -0.25) is 4.98 Å². The molecule has 0 aromatic carbocycles. The van der Waals surface area contributed by atoms with E-state index >= 15 is 0 Å². The van der Waals surface area contributed by atoms with Crippen LogP contribution in [0.25, 0.3) is 0 Å². The summed E-state index contributed by atoms with van der Waals surface area (Å²) in [6.45, 7) is 2.32. The number of likely N-dealkylation sites (tertiary alicyclic amines) is 1. The summed E-state index contributed by atoms with van der Waals surface area (Å²) in [5.74, 6) is 0.776. The van der Waals surface area contributed by atoms with Crippen molar-refractivity contribution in [2.45, 2.75) is 25.4 Å². The van der Waals surface area contributed by atoms with Gasteiger partial charge >= 0.3 is 6.03 Å². The Kier molecular flexibility index (Phi) is 3.64. The van der Waals surface area contributed by atoms with Gasteiger partial charge in [-0.15, -0.1) is 0 Å². The van der Waals surface area contributed by atoms with Gasteiger partial charge in [0.05, 0.1) is 18.0 Å². The van der Waals surface area contributed by atoms with Gasteiger partial charge in [-0.05, 0) is 37.3 Å². The molecule has 0 spiro atoms. The molecule has 0 radical (unpaired) electrons. The van der Waals surface area contributed by atoms with Gasteiger partial charge in [0, 0.05) is 25.9 Å². The number of rotatable bonds is 4. The predicted octanol–water partition coefficient (Wildman–Crippen LogP) is 2.11. The van der Waals surface area contributed by atoms with Crippen molar-refractivity contribution in [3.05, 3.63) is 24.5 Å². The van der Waals surface area contributed by atoms with Crippen LogP contribution in [0.5, 0.6) is 0 Å². The minimum atomic E-state index is -0.0643. The lowest BCUT2D eigenvalue weighted by Crippen LogP contribution is -2.34. The molecule has 1 aliphatic carbocycles. The van der Waals surface area contributed by atoms with Crippen molar-refractivity contribution in [3.63, 3.8) is 0 Å². The van der Waals surface area contributed by atoms with Crippen LogP contribution in [0.1, 0.15) is 19.3 Å². The fraction of sp³-hybridized carbons (Fsp3) is 0.571. The van der Waals surface area contributed by atoms with Gasteiger partial charge in [0.15, 0.2) is 0 Å². The van der Waals surface area contributed by atoms with E-state index in [-0.39, 0.29) is 12.1 Å². The maximum absolute atomic E-state index is 12.0. The molecule has 1 atom stereocenters. The molecule has 1 aromatic heterocycles. The SMILES string of the molecule is O=C(Nc1cccnc1)N1CC[C@@H](OCC2CC2)C1. The molecule has 2 amide bonds. The summed E-state index contributed by atoms with van der Waals surface area (Å²) in [4.78, 5) is 17.8. The van der Waals surface area contributed by atoms with E-state index in [9.17, 15) is 4.79 Å². The van der Waals surface area contributed by atoms with Crippen molar-refractivity contribution in [2.24, 2.45) is 5.92 Å². The average Bonchev–Trinajstić information content (AvgIpc) is 3.14. The van der Waals surface area contributed by atoms with Gasteiger partial charge < -0.3 is 15.0 Å². The van der Waals surface area contributed by atoms with Gasteiger partial charge in [0.2, 0.25) is 0 Å². The number of ether oxygens (including phenoxy) is 1. The molecule has 102 valence electrons. The molecular formula is C14H19N3O2. The first-order chi connectivity index (χ1) is 9.31. The topological polar surface area (TPSA) is 54.5 Å². The largest absolute Gasteiger partial charge is 0.376 e. The van der Waals surface area contributed by atoms with Crippen LogP contribution in [0.2, 0.25) is 0 Å². The molecule has 1 saturated carbocycles. The fourth-order valence-corrected chi connectivity index (χ4v) is 2.24. The van der Waals surface area contributed by atoms with Gasteiger partial charge in [0.1, 0.15) is 0 Å². The van der Waals surface area contributed by atoms with Gasteiger partial charge in [-0.25, -0.2) is 4.79 Å². The lowest BCUT2D eigenvalue weighted by molar-refractivity contribution is 0.0543. The van der Waals surface area contributed by atoms with E-state index in [2.05, 4.69) is 10.3 Å². The van der Waals surface area contributed by atoms with Crippen LogP contribution in [0, 0.1) is 5.92 Å². The number of anilines is 1. The Morgan fingerprint density at radius 3 is 3.11 bits per heavy atom. The Morgan fingerprint density at radius 2 is 2.37 bits per heavy atom. The summed E-state index contributed by atoms with van der Waals surface area (Å²) < 4.78 is 5.82. The number of urea groups is 1. The van der Waals surface area contributed by atoms with Crippen molar-refractivity contribution in [3.8, 4) is 0 Å². The Bertz CT molecular complexity index is 434. The van der Waals surface area contributed by atoms with E-state index in [0.29, 0.717) is 6.54 Å². The Labute approximate surface area is 113 Å². The minimum absolute atomic E-state index is 0.0643. The first kappa shape index (κ1) is 12.4. The summed E-state index contributed by atoms with van der Waals surface area (Å²) in [7, 11) is 0. The molecule has 5 heteroatoms. The molecule has 5 nitrogen and oxygen atoms in total. The number of carbonyl (C=O) groups is 1. The number of aromatic nitrogens is 1. The van der Waals surface area contributed by atoms with Gasteiger partial charge in [-0.1, -0.05) is 0 Å². The highest BCUT2D eigenvalue weighted by atomic mass is 16.5. The molecule has 3 rings (SSSR count). The van der Waals surface area contributed by atoms with Crippen molar-refractivity contribution in [2.75, 3.05) is 25.0 Å². The van der Waals surface area contributed by atoms with E-state index in [0.717, 1.165) is 31.2 Å². The Morgan fingerprint density at radius 1 is 1.47 bits per heavy atom. The quantitative estimate of drug-likeness (QED) is 0.903. The van der Waals surface area contributed by atoms with Crippen LogP contribution in [0.4, 0.5) is 10.5 Å². The first-order valence-electron chi connectivity index (χ1n) is 6.89. The number of hydrogen-bond acceptors (Lipinski definition) is 3. The van der Waals surface area contributed by atoms with E-state index < -0.39 is 0 Å². The van der Waals surface area contributed by atoms with E-state index in [1.54, 1.807) is 18.5 Å². The zero-order valence-corrected chi connectivity index (χ0v) is 10.9. The molecule has 1 saturated heterocycles. The normalized spacial score (nSPS) is 22.5. The zero-order chi connectivity index (χ0) is 13.1. The third-order valence-corrected chi connectivity index (χ3v) is 3.61. The summed E-state index contributed by atoms with van der Waals surface area (Å²) >= 11 is 0. The Balaban J connectivity index is 1.45. The van der Waals surface area contributed by atoms with Crippen molar-refractivity contribution in [1.82, 2.24) is 9.88 Å². The zero-order valence-electron chi connectivity index (χ0n) is 10.9. The molecule has 2 aliphatic rings. The first-order valence-corrected chi connectivity index (χ1v) is 6.89. The maximum Gasteiger partial charge on any atom is 0.321 e. The molecule has 0 bridgehead atoms. The van der Waals surface area contributed by atoms with Crippen LogP contribution >= 0.6 is 0 Å². The second-order valence-electron chi connectivity index (χ2n) is 5.31. The lowest BCUT2D eigenvalue weighted by Gasteiger charge is -2.17. The molecule has 1 aromatic rings. The molecule has 19 heavy (non-hydrogen) atoms. The molecule has 1 N–H and O–H groups in total. The lowest BCUT2D eigenvalue weighted by atomic mass is 10.3. The van der Waals surface area contributed by atoms with Gasteiger partial charge in [-0.2, -0.15) is 0 Å². The van der Waals surface area contributed by atoms with Crippen LogP contribution in [0.15, 0.2) is 24.5 Å². The van der Waals surface area contributed by atoms with Crippen LogP contribution in [-0.2, 0) is 4.74 Å². The second-order valence-corrected chi connectivity index (χ2v) is 5.31. The minimum Gasteiger partial charge on any atom is -0.376 e. The summed E-state index contributed by atoms with van der Waals surface area (Å²) in [5, 5.41) is 2.85. The van der Waals surface area contributed by atoms with Crippen molar-refractivity contribution in [1.29, 1.82) is 0 Å². The molecule has 1 aliphatic heterocycles. The van der Waals surface area contributed by atoms with E-state index in [1.807, 2.05) is 11.0 Å². The van der Waals surface area contributed by atoms with Crippen LogP contribution < -0.4 is 5.32 Å². The standard InChI is InChI=1S/C14H19N3O2/c18-14(16-12-2-1-6-15-8-12)17-7-5-13(9-17)19-10-11-3-4-11/h1-2,6,8,11,13H,3-5,7,9-10H2,(H,16,18)/t13-/m1/s1. The average molecular weight is 261 g/mol. The number of nitrogens with zero attached hydrogens (tertiary/aromatic N) is 2. The fourth-order valence-electron chi connectivity index (χ4n) is 2.24. The number of pyridine rings is 1. The van der Waals surface area contributed by atoms with Crippen LogP contribution in [-0.4, -0.2) is 41.7 Å². The highest BCUT2D eigenvalue weighted by Gasteiger charge is 2.29. The molecule has 2 fully saturated rings. The predicted molar refractivity (Wildman–Crippen MR) is 71.9 cm³/mol. The molecular weight excluding hydrogens is 242 g/mol.